The van der Waals surface area contributed by atoms with Gasteiger partial charge in [0.25, 0.3) is 0 Å². The minimum absolute atomic E-state index is 0. The van der Waals surface area contributed by atoms with E-state index >= 15 is 0 Å². The number of carboxylic acid groups (broad SMARTS) is 1. The molecule has 0 radical (unpaired) electrons. The molecule has 0 aromatic carbocycles. The molecule has 0 bridgehead atoms. The van der Waals surface area contributed by atoms with Gasteiger partial charge in [-0.15, -0.1) is 0 Å². The normalized spacial score (nSPS) is 11.9. The average Bonchev–Trinajstić information content (AvgIpc) is 2.13. The number of carbonyl (C=O) groups is 2. The summed E-state index contributed by atoms with van der Waals surface area (Å²) in [4.78, 5) is 20.8. The van der Waals surface area contributed by atoms with Crippen molar-refractivity contribution in [3.63, 3.8) is 0 Å². The van der Waals surface area contributed by atoms with Gasteiger partial charge in [0.15, 0.2) is 0 Å². The van der Waals surface area contributed by atoms with Crippen LogP contribution in [0.1, 0.15) is 9.27 Å². The Bertz CT molecular complexity index is 236. The van der Waals surface area contributed by atoms with E-state index in [9.17, 15) is 9.59 Å². The van der Waals surface area contributed by atoms with E-state index in [-0.39, 0.29) is 53.6 Å². The van der Waals surface area contributed by atoms with Gasteiger partial charge in [0.05, 0.1) is 13.0 Å². The molecule has 1 unspecified atom stereocenters. The summed E-state index contributed by atoms with van der Waals surface area (Å²) >= 11 is 0. The molecular formula is C8H14CaO6. The number of rotatable bonds is 6. The van der Waals surface area contributed by atoms with Gasteiger partial charge in [0.2, 0.25) is 0 Å². The van der Waals surface area contributed by atoms with Gasteiger partial charge in [-0.3, -0.25) is 4.79 Å². The van der Waals surface area contributed by atoms with E-state index in [1.54, 1.807) is 0 Å². The monoisotopic (exact) mass is 246 g/mol. The van der Waals surface area contributed by atoms with Gasteiger partial charge in [-0.2, -0.15) is 0 Å². The predicted octanol–water partition coefficient (Wildman–Crippen LogP) is -1.24. The van der Waals surface area contributed by atoms with Crippen molar-refractivity contribution in [2.24, 2.45) is 0 Å². The van der Waals surface area contributed by atoms with Crippen LogP contribution in [0.25, 0.3) is 0 Å². The van der Waals surface area contributed by atoms with Gasteiger partial charge in [-0.25, -0.2) is 4.79 Å². The number of hydrogen-bond donors (Lipinski definition) is 3. The minimum Gasteiger partial charge on any atom is -1.00 e. The van der Waals surface area contributed by atoms with Crippen molar-refractivity contribution in [2.45, 2.75) is 12.5 Å². The van der Waals surface area contributed by atoms with Gasteiger partial charge in [0, 0.05) is 6.08 Å². The molecule has 84 valence electrons. The minimum atomic E-state index is -1.15. The molecule has 0 aliphatic heterocycles. The van der Waals surface area contributed by atoms with Gasteiger partial charge >= 0.3 is 49.7 Å². The molecule has 0 saturated carbocycles. The van der Waals surface area contributed by atoms with Crippen LogP contribution in [0, 0.1) is 0 Å². The van der Waals surface area contributed by atoms with E-state index < -0.39 is 24.6 Å². The number of aliphatic carboxylic acids is 1. The molecule has 15 heavy (non-hydrogen) atoms. The Balaban J connectivity index is -0.000000282. The number of hydrogen-bond acceptors (Lipinski definition) is 5. The zero-order valence-electron chi connectivity index (χ0n) is 10.1. The van der Waals surface area contributed by atoms with Crippen LogP contribution in [0.3, 0.4) is 0 Å². The Hall–Kier alpha value is -0.140. The Morgan fingerprint density at radius 1 is 1.47 bits per heavy atom. The average molecular weight is 246 g/mol. The molecule has 0 rings (SSSR count). The molecule has 0 aromatic heterocycles. The molecule has 0 fully saturated rings. The maximum atomic E-state index is 10.8. The van der Waals surface area contributed by atoms with Crippen molar-refractivity contribution in [3.8, 4) is 0 Å². The van der Waals surface area contributed by atoms with Crippen LogP contribution in [0.15, 0.2) is 12.2 Å². The van der Waals surface area contributed by atoms with E-state index in [1.165, 1.54) is 0 Å². The molecule has 6 nitrogen and oxygen atoms in total. The molecule has 1 atom stereocenters. The molecule has 0 aromatic rings. The third-order valence-corrected chi connectivity index (χ3v) is 1.19. The van der Waals surface area contributed by atoms with Gasteiger partial charge < -0.3 is 22.9 Å². The molecule has 0 aliphatic rings. The van der Waals surface area contributed by atoms with Crippen LogP contribution in [0.4, 0.5) is 0 Å². The maximum absolute atomic E-state index is 10.8. The van der Waals surface area contributed by atoms with Crippen LogP contribution in [-0.4, -0.2) is 84.3 Å². The van der Waals surface area contributed by atoms with Crippen LogP contribution in [0.5, 0.6) is 0 Å². The first-order valence-corrected chi connectivity index (χ1v) is 3.90. The zero-order valence-corrected chi connectivity index (χ0v) is 10.3. The second-order valence-corrected chi connectivity index (χ2v) is 2.46. The first kappa shape index (κ1) is 17.3. The van der Waals surface area contributed by atoms with Crippen molar-refractivity contribution >= 4 is 49.7 Å². The van der Waals surface area contributed by atoms with Crippen molar-refractivity contribution < 1.29 is 32.5 Å². The molecule has 0 saturated heterocycles. The number of aliphatic hydroxyl groups is 2. The Kier molecular flexibility index (Phi) is 11.9. The number of aliphatic hydroxyl groups excluding tert-OH is 2. The summed E-state index contributed by atoms with van der Waals surface area (Å²) in [7, 11) is 0. The Labute approximate surface area is 120 Å². The molecule has 3 N–H and O–H groups in total. The molecule has 7 heteroatoms. The molecule has 0 amide bonds. The van der Waals surface area contributed by atoms with E-state index in [4.69, 9.17) is 15.3 Å². The molecule has 0 spiro atoms. The van der Waals surface area contributed by atoms with Gasteiger partial charge in [-0.05, 0) is 0 Å². The number of carbonyl (C=O) groups excluding carboxylic acids is 1. The van der Waals surface area contributed by atoms with E-state index in [0.29, 0.717) is 0 Å². The molecular weight excluding hydrogens is 232 g/mol. The van der Waals surface area contributed by atoms with Crippen LogP contribution < -0.4 is 0 Å². The second-order valence-electron chi connectivity index (χ2n) is 2.46. The van der Waals surface area contributed by atoms with E-state index in [2.05, 4.69) is 4.74 Å². The summed E-state index contributed by atoms with van der Waals surface area (Å²) in [6, 6.07) is 0. The van der Waals surface area contributed by atoms with Crippen molar-refractivity contribution in [1.29, 1.82) is 0 Å². The van der Waals surface area contributed by atoms with Crippen molar-refractivity contribution in [2.75, 3.05) is 13.2 Å². The molecule has 0 aliphatic carbocycles. The van der Waals surface area contributed by atoms with Gasteiger partial charge in [-0.1, -0.05) is 6.08 Å². The van der Waals surface area contributed by atoms with E-state index in [1.807, 2.05) is 0 Å². The first-order valence-electron chi connectivity index (χ1n) is 3.90. The topological polar surface area (TPSA) is 104 Å². The largest absolute Gasteiger partial charge is 2.00 e. The first-order chi connectivity index (χ1) is 6.56. The van der Waals surface area contributed by atoms with E-state index in [0.717, 1.165) is 12.2 Å². The predicted molar refractivity (Wildman–Crippen MR) is 53.4 cm³/mol. The Morgan fingerprint density at radius 2 is 2.07 bits per heavy atom. The summed E-state index contributed by atoms with van der Waals surface area (Å²) in [5.41, 5.74) is 0. The quantitative estimate of drug-likeness (QED) is 0.307. The number of ether oxygens (including phenoxy) is 1. The number of carboxylic acids is 1. The third kappa shape index (κ3) is 11.8. The third-order valence-electron chi connectivity index (χ3n) is 1.19. The summed E-state index contributed by atoms with van der Waals surface area (Å²) in [5.74, 6) is -1.80. The van der Waals surface area contributed by atoms with Crippen LogP contribution in [0.2, 0.25) is 0 Å². The number of esters is 1. The maximum Gasteiger partial charge on any atom is 2.00 e. The summed E-state index contributed by atoms with van der Waals surface area (Å²) < 4.78 is 4.48. The van der Waals surface area contributed by atoms with Crippen LogP contribution >= 0.6 is 0 Å². The SMILES string of the molecule is O=C(O)/C=C/CC(=O)OCC(O)CO.[Ca+2].[H-].[H-]. The summed E-state index contributed by atoms with van der Waals surface area (Å²) in [6.45, 7) is -0.783. The fourth-order valence-electron chi connectivity index (χ4n) is 0.557. The fraction of sp³-hybridized carbons (Fsp3) is 0.500. The zero-order chi connectivity index (χ0) is 11.0. The Morgan fingerprint density at radius 3 is 2.53 bits per heavy atom. The van der Waals surface area contributed by atoms with Crippen molar-refractivity contribution in [1.82, 2.24) is 0 Å². The van der Waals surface area contributed by atoms with Crippen LogP contribution in [-0.2, 0) is 14.3 Å². The summed E-state index contributed by atoms with van der Waals surface area (Å²) in [6.07, 6.45) is 0.687. The fourth-order valence-corrected chi connectivity index (χ4v) is 0.557. The van der Waals surface area contributed by atoms with Gasteiger partial charge in [0.1, 0.15) is 12.7 Å². The summed E-state index contributed by atoms with van der Waals surface area (Å²) in [5, 5.41) is 25.3. The second kappa shape index (κ2) is 10.4. The standard InChI is InChI=1S/C8H12O6.Ca.2H/c9-4-6(10)5-14-8(13)3-1-2-7(11)12;;;/h1-2,6,9-10H,3-5H2,(H,11,12);;;/q;+2;2*-1/b2-1+;;;. The molecule has 0 heterocycles. The smallest absolute Gasteiger partial charge is 1.00 e. The van der Waals surface area contributed by atoms with Crippen molar-refractivity contribution in [3.05, 3.63) is 12.2 Å².